The summed E-state index contributed by atoms with van der Waals surface area (Å²) in [6.45, 7) is 4.97. The Morgan fingerprint density at radius 2 is 1.72 bits per heavy atom. The third-order valence-electron chi connectivity index (χ3n) is 5.95. The highest BCUT2D eigenvalue weighted by atomic mass is 32.2. The molecular formula is C22H25FN2O4S3. The van der Waals surface area contributed by atoms with E-state index in [1.54, 1.807) is 32.0 Å². The zero-order valence-corrected chi connectivity index (χ0v) is 20.5. The van der Waals surface area contributed by atoms with E-state index in [0.29, 0.717) is 21.2 Å². The lowest BCUT2D eigenvalue weighted by Crippen LogP contribution is -2.26. The van der Waals surface area contributed by atoms with E-state index in [4.69, 9.17) is 0 Å². The van der Waals surface area contributed by atoms with Crippen molar-refractivity contribution in [1.29, 1.82) is 0 Å². The second kappa shape index (κ2) is 8.40. The standard InChI is InChI=1S/C22H25FN2O4S3/c1-13-17(23)5-7-19-21(13)14(2)22(30-19)32(28,29)25-18-6-4-16(12-20(18)31(3,26)27)15-8-10-24-11-9-15/h4-7,12,15,24-25H,8-11H2,1-3H3. The van der Waals surface area contributed by atoms with Gasteiger partial charge in [0.2, 0.25) is 0 Å². The van der Waals surface area contributed by atoms with E-state index < -0.39 is 25.7 Å². The van der Waals surface area contributed by atoms with Gasteiger partial charge in [0.1, 0.15) is 10.0 Å². The average molecular weight is 497 g/mol. The summed E-state index contributed by atoms with van der Waals surface area (Å²) in [5, 5.41) is 3.85. The van der Waals surface area contributed by atoms with Gasteiger partial charge in [-0.25, -0.2) is 21.2 Å². The Morgan fingerprint density at radius 1 is 1.03 bits per heavy atom. The molecule has 1 saturated heterocycles. The number of fused-ring (bicyclic) bond motifs is 1. The molecule has 0 bridgehead atoms. The van der Waals surface area contributed by atoms with E-state index in [9.17, 15) is 21.2 Å². The van der Waals surface area contributed by atoms with Crippen LogP contribution in [0.5, 0.6) is 0 Å². The van der Waals surface area contributed by atoms with Gasteiger partial charge in [-0.2, -0.15) is 0 Å². The Morgan fingerprint density at radius 3 is 2.38 bits per heavy atom. The molecule has 3 aromatic rings. The molecule has 0 atom stereocenters. The van der Waals surface area contributed by atoms with Crippen molar-refractivity contribution in [3.8, 4) is 0 Å². The van der Waals surface area contributed by atoms with Gasteiger partial charge in [-0.3, -0.25) is 4.72 Å². The summed E-state index contributed by atoms with van der Waals surface area (Å²) in [5.74, 6) is -0.173. The minimum atomic E-state index is -4.08. The Labute approximate surface area is 191 Å². The molecule has 1 fully saturated rings. The van der Waals surface area contributed by atoms with Crippen molar-refractivity contribution in [2.75, 3.05) is 24.1 Å². The maximum absolute atomic E-state index is 14.0. The highest BCUT2D eigenvalue weighted by Crippen LogP contribution is 2.38. The van der Waals surface area contributed by atoms with Crippen LogP contribution in [0.3, 0.4) is 0 Å². The number of benzene rings is 2. The SMILES string of the molecule is Cc1c(F)ccc2sc(S(=O)(=O)Nc3ccc(C4CCNCC4)cc3S(C)(=O)=O)c(C)c12. The minimum Gasteiger partial charge on any atom is -0.317 e. The Hall–Kier alpha value is -2.01. The molecule has 1 aliphatic rings. The first kappa shape index (κ1) is 23.2. The number of hydrogen-bond acceptors (Lipinski definition) is 6. The number of nitrogens with one attached hydrogen (secondary N) is 2. The van der Waals surface area contributed by atoms with E-state index in [1.165, 1.54) is 12.1 Å². The monoisotopic (exact) mass is 496 g/mol. The minimum absolute atomic E-state index is 0.0185. The maximum atomic E-state index is 14.0. The van der Waals surface area contributed by atoms with Crippen LogP contribution in [0.2, 0.25) is 0 Å². The fraction of sp³-hybridized carbons (Fsp3) is 0.364. The number of aryl methyl sites for hydroxylation is 2. The van der Waals surface area contributed by atoms with Crippen LogP contribution in [-0.2, 0) is 19.9 Å². The summed E-state index contributed by atoms with van der Waals surface area (Å²) in [7, 11) is -7.77. The molecule has 6 nitrogen and oxygen atoms in total. The van der Waals surface area contributed by atoms with Gasteiger partial charge in [-0.15, -0.1) is 11.3 Å². The maximum Gasteiger partial charge on any atom is 0.271 e. The zero-order valence-electron chi connectivity index (χ0n) is 18.0. The number of piperidine rings is 1. The van der Waals surface area contributed by atoms with Crippen molar-refractivity contribution in [3.05, 3.63) is 52.8 Å². The Kier molecular flexibility index (Phi) is 6.08. The van der Waals surface area contributed by atoms with Crippen molar-refractivity contribution >= 4 is 47.0 Å². The lowest BCUT2D eigenvalue weighted by Gasteiger charge is -2.24. The molecule has 2 heterocycles. The normalized spacial score (nSPS) is 15.9. The molecule has 10 heteroatoms. The molecule has 0 amide bonds. The van der Waals surface area contributed by atoms with Crippen LogP contribution in [0.25, 0.3) is 10.1 Å². The van der Waals surface area contributed by atoms with Crippen LogP contribution >= 0.6 is 11.3 Å². The third kappa shape index (κ3) is 4.28. The first-order valence-corrected chi connectivity index (χ1v) is 14.4. The molecule has 1 aromatic heterocycles. The Balaban J connectivity index is 1.77. The number of sulfone groups is 1. The van der Waals surface area contributed by atoms with Crippen molar-refractivity contribution in [1.82, 2.24) is 5.32 Å². The number of halogens is 1. The van der Waals surface area contributed by atoms with Gasteiger partial charge in [0.15, 0.2) is 9.84 Å². The van der Waals surface area contributed by atoms with Gasteiger partial charge in [0.05, 0.1) is 10.6 Å². The molecule has 0 spiro atoms. The lowest BCUT2D eigenvalue weighted by molar-refractivity contribution is 0.460. The Bertz CT molecular complexity index is 1410. The third-order valence-corrected chi connectivity index (χ3v) is 10.3. The van der Waals surface area contributed by atoms with Crippen LogP contribution in [0.1, 0.15) is 35.4 Å². The van der Waals surface area contributed by atoms with E-state index in [2.05, 4.69) is 10.0 Å². The molecule has 32 heavy (non-hydrogen) atoms. The number of anilines is 1. The molecule has 172 valence electrons. The summed E-state index contributed by atoms with van der Waals surface area (Å²) in [4.78, 5) is -0.0434. The zero-order chi connectivity index (χ0) is 23.3. The molecule has 2 N–H and O–H groups in total. The molecule has 0 unspecified atom stereocenters. The molecule has 0 radical (unpaired) electrons. The largest absolute Gasteiger partial charge is 0.317 e. The van der Waals surface area contributed by atoms with Crippen molar-refractivity contribution in [2.45, 2.75) is 41.7 Å². The smallest absolute Gasteiger partial charge is 0.271 e. The second-order valence-electron chi connectivity index (χ2n) is 8.22. The van der Waals surface area contributed by atoms with Gasteiger partial charge in [0.25, 0.3) is 10.0 Å². The van der Waals surface area contributed by atoms with Crippen LogP contribution in [0, 0.1) is 19.7 Å². The first-order valence-electron chi connectivity index (χ1n) is 10.2. The number of hydrogen-bond donors (Lipinski definition) is 2. The van der Waals surface area contributed by atoms with Crippen LogP contribution in [-0.4, -0.2) is 36.2 Å². The van der Waals surface area contributed by atoms with Gasteiger partial charge < -0.3 is 5.32 Å². The first-order chi connectivity index (χ1) is 15.0. The predicted octanol–water partition coefficient (Wildman–Crippen LogP) is 4.33. The highest BCUT2D eigenvalue weighted by molar-refractivity contribution is 7.95. The van der Waals surface area contributed by atoms with Crippen LogP contribution < -0.4 is 10.0 Å². The van der Waals surface area contributed by atoms with Crippen molar-refractivity contribution in [2.24, 2.45) is 0 Å². The van der Waals surface area contributed by atoms with Gasteiger partial charge in [-0.1, -0.05) is 6.07 Å². The van der Waals surface area contributed by atoms with E-state index in [0.717, 1.165) is 49.1 Å². The number of sulfonamides is 1. The molecule has 0 aliphatic carbocycles. The van der Waals surface area contributed by atoms with Crippen LogP contribution in [0.15, 0.2) is 39.4 Å². The predicted molar refractivity (Wildman–Crippen MR) is 126 cm³/mol. The summed E-state index contributed by atoms with van der Waals surface area (Å²) in [6.07, 6.45) is 2.86. The average Bonchev–Trinajstić information content (AvgIpc) is 3.09. The number of thiophene rings is 1. The summed E-state index contributed by atoms with van der Waals surface area (Å²) in [5.41, 5.74) is 1.74. The summed E-state index contributed by atoms with van der Waals surface area (Å²) >= 11 is 1.04. The number of rotatable bonds is 5. The topological polar surface area (TPSA) is 92.3 Å². The molecule has 2 aromatic carbocycles. The lowest BCUT2D eigenvalue weighted by atomic mass is 9.90. The van der Waals surface area contributed by atoms with Gasteiger partial charge in [-0.05, 0) is 86.7 Å². The van der Waals surface area contributed by atoms with E-state index >= 15 is 0 Å². The van der Waals surface area contributed by atoms with E-state index in [-0.39, 0.29) is 20.7 Å². The fourth-order valence-electron chi connectivity index (χ4n) is 4.28. The van der Waals surface area contributed by atoms with Gasteiger partial charge >= 0.3 is 0 Å². The van der Waals surface area contributed by atoms with Gasteiger partial charge in [0, 0.05) is 16.3 Å². The molecular weight excluding hydrogens is 471 g/mol. The quantitative estimate of drug-likeness (QED) is 0.549. The van der Waals surface area contributed by atoms with Crippen LogP contribution in [0.4, 0.5) is 10.1 Å². The second-order valence-corrected chi connectivity index (χ2v) is 13.1. The fourth-order valence-corrected chi connectivity index (χ4v) is 8.11. The molecule has 0 saturated carbocycles. The van der Waals surface area contributed by atoms with Crippen molar-refractivity contribution in [3.63, 3.8) is 0 Å². The summed E-state index contributed by atoms with van der Waals surface area (Å²) < 4.78 is 68.7. The molecule has 1 aliphatic heterocycles. The molecule has 4 rings (SSSR count). The van der Waals surface area contributed by atoms with E-state index in [1.807, 2.05) is 0 Å². The van der Waals surface area contributed by atoms with Crippen molar-refractivity contribution < 1.29 is 21.2 Å². The summed E-state index contributed by atoms with van der Waals surface area (Å²) in [6, 6.07) is 7.78. The highest BCUT2D eigenvalue weighted by Gasteiger charge is 2.27.